The highest BCUT2D eigenvalue weighted by molar-refractivity contribution is 6.31. The van der Waals surface area contributed by atoms with Crippen molar-refractivity contribution in [1.29, 1.82) is 0 Å². The maximum Gasteiger partial charge on any atom is 0.246 e. The van der Waals surface area contributed by atoms with Crippen molar-refractivity contribution in [1.82, 2.24) is 20.0 Å². The Balaban J connectivity index is 0.00000288. The molecule has 1 fully saturated rings. The molecule has 1 atom stereocenters. The molecule has 24 heavy (non-hydrogen) atoms. The standard InChI is InChI=1S/C17H27ClN4O.ClH/c1-12(2)10-22-17(18)15(13(3)20-22)5-6-16(23)21-8-7-14(11-21)9-19-4;/h5-6,12,14,19H,7-11H2,1-4H3;1H. The highest BCUT2D eigenvalue weighted by Gasteiger charge is 2.24. The lowest BCUT2D eigenvalue weighted by Gasteiger charge is -2.14. The van der Waals surface area contributed by atoms with Crippen LogP contribution in [-0.2, 0) is 11.3 Å². The van der Waals surface area contributed by atoms with Gasteiger partial charge in [-0.25, -0.2) is 0 Å². The largest absolute Gasteiger partial charge is 0.339 e. The normalized spacial score (nSPS) is 17.8. The van der Waals surface area contributed by atoms with Gasteiger partial charge in [0.25, 0.3) is 0 Å². The molecule has 1 N–H and O–H groups in total. The van der Waals surface area contributed by atoms with Gasteiger partial charge in [-0.05, 0) is 44.8 Å². The van der Waals surface area contributed by atoms with Crippen molar-refractivity contribution >= 4 is 36.0 Å². The van der Waals surface area contributed by atoms with E-state index in [9.17, 15) is 4.79 Å². The lowest BCUT2D eigenvalue weighted by molar-refractivity contribution is -0.125. The second-order valence-electron chi connectivity index (χ2n) is 6.70. The van der Waals surface area contributed by atoms with Crippen LogP contribution in [0.15, 0.2) is 6.08 Å². The number of aromatic nitrogens is 2. The molecule has 0 aromatic carbocycles. The third-order valence-corrected chi connectivity index (χ3v) is 4.53. The first-order valence-corrected chi connectivity index (χ1v) is 8.64. The maximum atomic E-state index is 12.3. The monoisotopic (exact) mass is 374 g/mol. The van der Waals surface area contributed by atoms with Gasteiger partial charge in [0.1, 0.15) is 5.15 Å². The van der Waals surface area contributed by atoms with E-state index in [1.807, 2.05) is 23.6 Å². The van der Waals surface area contributed by atoms with Gasteiger partial charge in [-0.3, -0.25) is 9.48 Å². The lowest BCUT2D eigenvalue weighted by atomic mass is 10.1. The summed E-state index contributed by atoms with van der Waals surface area (Å²) in [6.45, 7) is 9.56. The summed E-state index contributed by atoms with van der Waals surface area (Å²) in [6.07, 6.45) is 4.49. The van der Waals surface area contributed by atoms with Crippen LogP contribution in [0.1, 0.15) is 31.5 Å². The molecule has 2 heterocycles. The number of aryl methyl sites for hydroxylation is 1. The number of carbonyl (C=O) groups is 1. The third-order valence-electron chi connectivity index (χ3n) is 4.13. The van der Waals surface area contributed by atoms with E-state index in [2.05, 4.69) is 24.3 Å². The molecule has 0 saturated carbocycles. The van der Waals surface area contributed by atoms with Gasteiger partial charge in [0.2, 0.25) is 5.91 Å². The second-order valence-corrected chi connectivity index (χ2v) is 7.05. The molecule has 1 aliphatic rings. The fraction of sp³-hybridized carbons (Fsp3) is 0.647. The Morgan fingerprint density at radius 1 is 1.50 bits per heavy atom. The number of nitrogens with zero attached hydrogens (tertiary/aromatic N) is 3. The molecule has 7 heteroatoms. The van der Waals surface area contributed by atoms with Gasteiger partial charge in [-0.1, -0.05) is 25.4 Å². The molecule has 0 spiro atoms. The minimum Gasteiger partial charge on any atom is -0.339 e. The summed E-state index contributed by atoms with van der Waals surface area (Å²) in [5, 5.41) is 8.24. The number of rotatable bonds is 6. The van der Waals surface area contributed by atoms with Gasteiger partial charge in [0.15, 0.2) is 0 Å². The van der Waals surface area contributed by atoms with Crippen molar-refractivity contribution in [2.24, 2.45) is 11.8 Å². The predicted octanol–water partition coefficient (Wildman–Crippen LogP) is 3.00. The fourth-order valence-corrected chi connectivity index (χ4v) is 3.28. The Morgan fingerprint density at radius 3 is 2.83 bits per heavy atom. The van der Waals surface area contributed by atoms with Gasteiger partial charge in [-0.2, -0.15) is 5.10 Å². The van der Waals surface area contributed by atoms with E-state index in [1.54, 1.807) is 12.2 Å². The van der Waals surface area contributed by atoms with Crippen LogP contribution in [-0.4, -0.2) is 47.3 Å². The summed E-state index contributed by atoms with van der Waals surface area (Å²) in [4.78, 5) is 14.2. The molecule has 5 nitrogen and oxygen atoms in total. The number of halogens is 2. The number of hydrogen-bond acceptors (Lipinski definition) is 3. The molecular formula is C17H28Cl2N4O. The van der Waals surface area contributed by atoms with Crippen molar-refractivity contribution in [2.45, 2.75) is 33.7 Å². The van der Waals surface area contributed by atoms with Crippen LogP contribution in [0.3, 0.4) is 0 Å². The van der Waals surface area contributed by atoms with Gasteiger partial charge < -0.3 is 10.2 Å². The van der Waals surface area contributed by atoms with Crippen LogP contribution >= 0.6 is 24.0 Å². The minimum absolute atomic E-state index is 0. The average Bonchev–Trinajstić information content (AvgIpc) is 3.03. The van der Waals surface area contributed by atoms with E-state index in [1.165, 1.54) is 0 Å². The number of hydrogen-bond donors (Lipinski definition) is 1. The van der Waals surface area contributed by atoms with Crippen molar-refractivity contribution in [3.63, 3.8) is 0 Å². The van der Waals surface area contributed by atoms with Crippen LogP contribution in [0.2, 0.25) is 5.15 Å². The third kappa shape index (κ3) is 5.23. The quantitative estimate of drug-likeness (QED) is 0.778. The number of nitrogens with one attached hydrogen (secondary N) is 1. The molecule has 1 aromatic heterocycles. The van der Waals surface area contributed by atoms with Crippen LogP contribution in [0.25, 0.3) is 6.08 Å². The minimum atomic E-state index is 0. The van der Waals surface area contributed by atoms with Gasteiger partial charge >= 0.3 is 0 Å². The van der Waals surface area contributed by atoms with Crippen LogP contribution in [0, 0.1) is 18.8 Å². The average molecular weight is 375 g/mol. The second kappa shape index (κ2) is 9.44. The van der Waals surface area contributed by atoms with Gasteiger partial charge in [0, 0.05) is 31.3 Å². The zero-order valence-corrected chi connectivity index (χ0v) is 16.5. The van der Waals surface area contributed by atoms with E-state index in [0.29, 0.717) is 17.0 Å². The molecule has 0 radical (unpaired) electrons. The summed E-state index contributed by atoms with van der Waals surface area (Å²) in [7, 11) is 1.95. The summed E-state index contributed by atoms with van der Waals surface area (Å²) in [5.41, 5.74) is 1.70. The van der Waals surface area contributed by atoms with E-state index in [0.717, 1.165) is 43.9 Å². The smallest absolute Gasteiger partial charge is 0.246 e. The summed E-state index contributed by atoms with van der Waals surface area (Å²) in [6, 6.07) is 0. The summed E-state index contributed by atoms with van der Waals surface area (Å²) >= 11 is 6.40. The van der Waals surface area contributed by atoms with Crippen LogP contribution in [0.5, 0.6) is 0 Å². The number of likely N-dealkylation sites (tertiary alicyclic amines) is 1. The Bertz CT molecular complexity index is 583. The van der Waals surface area contributed by atoms with E-state index < -0.39 is 0 Å². The molecule has 1 saturated heterocycles. The Kier molecular flexibility index (Phi) is 8.27. The summed E-state index contributed by atoms with van der Waals surface area (Å²) < 4.78 is 1.81. The highest BCUT2D eigenvalue weighted by Crippen LogP contribution is 2.23. The van der Waals surface area contributed by atoms with Gasteiger partial charge in [0.05, 0.1) is 5.69 Å². The number of amides is 1. The number of carbonyl (C=O) groups excluding carboxylic acids is 1. The Labute approximate surface area is 155 Å². The van der Waals surface area contributed by atoms with Crippen LogP contribution in [0.4, 0.5) is 0 Å². The molecule has 2 rings (SSSR count). The molecule has 1 aromatic rings. The fourth-order valence-electron chi connectivity index (χ4n) is 2.97. The molecule has 136 valence electrons. The predicted molar refractivity (Wildman–Crippen MR) is 102 cm³/mol. The van der Waals surface area contributed by atoms with E-state index >= 15 is 0 Å². The molecular weight excluding hydrogens is 347 g/mol. The zero-order valence-electron chi connectivity index (χ0n) is 14.9. The summed E-state index contributed by atoms with van der Waals surface area (Å²) in [5.74, 6) is 1.08. The molecule has 1 unspecified atom stereocenters. The highest BCUT2D eigenvalue weighted by atomic mass is 35.5. The molecule has 0 bridgehead atoms. The molecule has 0 aliphatic carbocycles. The zero-order chi connectivity index (χ0) is 17.0. The topological polar surface area (TPSA) is 50.2 Å². The van der Waals surface area contributed by atoms with Crippen molar-refractivity contribution < 1.29 is 4.79 Å². The maximum absolute atomic E-state index is 12.3. The molecule has 1 aliphatic heterocycles. The first kappa shape index (κ1) is 21.0. The molecule has 1 amide bonds. The first-order chi connectivity index (χ1) is 10.9. The van der Waals surface area contributed by atoms with E-state index in [-0.39, 0.29) is 18.3 Å². The van der Waals surface area contributed by atoms with Crippen LogP contribution < -0.4 is 5.32 Å². The van der Waals surface area contributed by atoms with Crippen molar-refractivity contribution in [3.8, 4) is 0 Å². The Hall–Kier alpha value is -1.04. The van der Waals surface area contributed by atoms with Gasteiger partial charge in [-0.15, -0.1) is 12.4 Å². The first-order valence-electron chi connectivity index (χ1n) is 8.26. The van der Waals surface area contributed by atoms with Crippen molar-refractivity contribution in [2.75, 3.05) is 26.7 Å². The SMILES string of the molecule is CNCC1CCN(C(=O)C=Cc2c(C)nn(CC(C)C)c2Cl)C1.Cl. The Morgan fingerprint density at radius 2 is 2.21 bits per heavy atom. The van der Waals surface area contributed by atoms with E-state index in [4.69, 9.17) is 11.6 Å². The lowest BCUT2D eigenvalue weighted by Crippen LogP contribution is -2.28. The van der Waals surface area contributed by atoms with Crippen molar-refractivity contribution in [3.05, 3.63) is 22.5 Å².